The number of aromatic nitrogens is 3. The van der Waals surface area contributed by atoms with Crippen molar-refractivity contribution in [2.75, 3.05) is 5.75 Å². The van der Waals surface area contributed by atoms with Gasteiger partial charge in [-0.15, -0.1) is 13.2 Å². The summed E-state index contributed by atoms with van der Waals surface area (Å²) in [5.41, 5.74) is -1.84. The molecule has 19 heavy (non-hydrogen) atoms. The van der Waals surface area contributed by atoms with E-state index in [2.05, 4.69) is 25.8 Å². The first-order valence-corrected chi connectivity index (χ1v) is 6.60. The minimum absolute atomic E-state index is 0.0724. The molecule has 0 spiro atoms. The van der Waals surface area contributed by atoms with Gasteiger partial charge in [0.25, 0.3) is 0 Å². The first kappa shape index (κ1) is 15.3. The third-order valence-electron chi connectivity index (χ3n) is 2.57. The fourth-order valence-electron chi connectivity index (χ4n) is 1.68. The molecule has 0 aromatic carbocycles. The molecule has 1 aromatic heterocycles. The lowest BCUT2D eigenvalue weighted by Crippen LogP contribution is -2.54. The van der Waals surface area contributed by atoms with Crippen LogP contribution in [-0.2, 0) is 32.3 Å². The molecular weight excluding hydrogens is 266 g/mol. The van der Waals surface area contributed by atoms with Gasteiger partial charge in [0.15, 0.2) is 0 Å². The molecule has 0 unspecified atom stereocenters. The number of rotatable bonds is 7. The molecule has 7 heteroatoms. The van der Waals surface area contributed by atoms with Gasteiger partial charge in [0.2, 0.25) is 0 Å². The maximum Gasteiger partial charge on any atom is 0.336 e. The van der Waals surface area contributed by atoms with Crippen molar-refractivity contribution in [3.63, 3.8) is 0 Å². The van der Waals surface area contributed by atoms with Crippen molar-refractivity contribution in [3.8, 4) is 0 Å². The maximum atomic E-state index is 12.1. The Morgan fingerprint density at radius 3 is 1.68 bits per heavy atom. The molecule has 0 atom stereocenters. The highest BCUT2D eigenvalue weighted by Crippen LogP contribution is 1.83. The van der Waals surface area contributed by atoms with E-state index in [1.807, 2.05) is 0 Å². The molecule has 0 saturated carbocycles. The van der Waals surface area contributed by atoms with Gasteiger partial charge < -0.3 is 0 Å². The zero-order valence-corrected chi connectivity index (χ0v) is 11.7. The number of hydrogen-bond donors (Lipinski definition) is 0. The van der Waals surface area contributed by atoms with Crippen molar-refractivity contribution in [3.05, 3.63) is 56.8 Å². The highest BCUT2D eigenvalue weighted by molar-refractivity contribution is 7.58. The van der Waals surface area contributed by atoms with Crippen molar-refractivity contribution in [2.24, 2.45) is 0 Å². The number of allylic oxidation sites excluding steroid dienone is 2. The Kier molecular flexibility index (Phi) is 5.62. The predicted molar refractivity (Wildman–Crippen MR) is 79.3 cm³/mol. The second-order valence-corrected chi connectivity index (χ2v) is 4.40. The average molecular weight is 284 g/mol. The Hall–Kier alpha value is -1.76. The van der Waals surface area contributed by atoms with E-state index in [4.69, 9.17) is 0 Å². The topological polar surface area (TPSA) is 66.0 Å². The zero-order chi connectivity index (χ0) is 14.4. The fraction of sp³-hybridized carbons (Fsp3) is 0.417. The smallest absolute Gasteiger partial charge is 0.247 e. The summed E-state index contributed by atoms with van der Waals surface area (Å²) in [6.45, 7) is 7.41. The van der Waals surface area contributed by atoms with E-state index in [1.165, 1.54) is 12.2 Å². The van der Waals surface area contributed by atoms with Gasteiger partial charge in [0.05, 0.1) is 13.1 Å². The summed E-state index contributed by atoms with van der Waals surface area (Å²) in [7, 11) is 0. The summed E-state index contributed by atoms with van der Waals surface area (Å²) in [5.74, 6) is 0.661. The molecule has 1 rings (SSSR count). The molecule has 0 fully saturated rings. The van der Waals surface area contributed by atoms with Crippen LogP contribution in [0.3, 0.4) is 0 Å². The Balaban J connectivity index is 3.58. The standard InChI is InChI=1S/C12H17N3O3S/c1-3-6-13-10(16)14(7-4-2)12(18)15(11(13)17)8-5-9-19/h3-4,19H,1-2,5-9H2/p+1. The molecule has 0 N–H and O–H groups in total. The fourth-order valence-corrected chi connectivity index (χ4v) is 1.84. The van der Waals surface area contributed by atoms with Gasteiger partial charge in [-0.05, 0) is 12.6 Å². The predicted octanol–water partition coefficient (Wildman–Crippen LogP) is -1.05. The largest absolute Gasteiger partial charge is 0.336 e. The first-order chi connectivity index (χ1) is 9.08. The molecule has 1 heterocycles. The van der Waals surface area contributed by atoms with Gasteiger partial charge in [-0.3, -0.25) is 0 Å². The van der Waals surface area contributed by atoms with Crippen LogP contribution in [-0.4, -0.2) is 19.5 Å². The lowest BCUT2D eigenvalue weighted by molar-refractivity contribution is 0.476. The van der Waals surface area contributed by atoms with Crippen molar-refractivity contribution < 1.29 is 0 Å². The second kappa shape index (κ2) is 6.98. The van der Waals surface area contributed by atoms with E-state index in [0.29, 0.717) is 12.2 Å². The van der Waals surface area contributed by atoms with Crippen LogP contribution in [0.25, 0.3) is 0 Å². The SMILES string of the molecule is C=CCn1c(=O)n(CC=C)c(=O)n(CCC[SH2+])c1=O. The Bertz CT molecular complexity index is 591. The third-order valence-corrected chi connectivity index (χ3v) is 2.92. The summed E-state index contributed by atoms with van der Waals surface area (Å²) in [6, 6.07) is 0. The third kappa shape index (κ3) is 3.17. The van der Waals surface area contributed by atoms with Crippen LogP contribution in [0.2, 0.25) is 0 Å². The molecular formula is C12H18N3O3S+. The van der Waals surface area contributed by atoms with E-state index >= 15 is 0 Å². The van der Waals surface area contributed by atoms with Crippen molar-refractivity contribution in [1.29, 1.82) is 0 Å². The number of nitrogens with zero attached hydrogens (tertiary/aromatic N) is 3. The van der Waals surface area contributed by atoms with Crippen molar-refractivity contribution >= 4 is 12.6 Å². The Labute approximate surface area is 115 Å². The zero-order valence-electron chi connectivity index (χ0n) is 10.7. The molecule has 0 aliphatic rings. The van der Waals surface area contributed by atoms with Crippen LogP contribution in [0.5, 0.6) is 0 Å². The highest BCUT2D eigenvalue weighted by atomic mass is 32.1. The lowest BCUT2D eigenvalue weighted by Gasteiger charge is -2.11. The molecule has 0 aliphatic heterocycles. The normalized spacial score (nSPS) is 10.4. The van der Waals surface area contributed by atoms with Gasteiger partial charge in [-0.1, -0.05) is 12.2 Å². The number of hydrogen-bond acceptors (Lipinski definition) is 3. The molecule has 104 valence electrons. The molecule has 0 radical (unpaired) electrons. The van der Waals surface area contributed by atoms with Crippen LogP contribution >= 0.6 is 0 Å². The minimum atomic E-state index is -0.635. The van der Waals surface area contributed by atoms with Crippen LogP contribution in [0.15, 0.2) is 39.7 Å². The average Bonchev–Trinajstić information content (AvgIpc) is 2.40. The van der Waals surface area contributed by atoms with Gasteiger partial charge in [0, 0.05) is 13.0 Å². The Morgan fingerprint density at radius 1 is 0.895 bits per heavy atom. The summed E-state index contributed by atoms with van der Waals surface area (Å²) in [6.07, 6.45) is 3.51. The van der Waals surface area contributed by atoms with E-state index in [-0.39, 0.29) is 19.6 Å². The molecule has 0 saturated heterocycles. The van der Waals surface area contributed by atoms with Gasteiger partial charge >= 0.3 is 17.1 Å². The van der Waals surface area contributed by atoms with E-state index < -0.39 is 17.1 Å². The quantitative estimate of drug-likeness (QED) is 0.474. The molecule has 6 nitrogen and oxygen atoms in total. The second-order valence-electron chi connectivity index (χ2n) is 3.90. The molecule has 0 bridgehead atoms. The lowest BCUT2D eigenvalue weighted by atomic mass is 10.4. The van der Waals surface area contributed by atoms with Gasteiger partial charge in [-0.2, -0.15) is 0 Å². The van der Waals surface area contributed by atoms with Crippen molar-refractivity contribution in [1.82, 2.24) is 13.7 Å². The maximum absolute atomic E-state index is 12.1. The highest BCUT2D eigenvalue weighted by Gasteiger charge is 2.13. The summed E-state index contributed by atoms with van der Waals surface area (Å²) < 4.78 is 3.05. The van der Waals surface area contributed by atoms with Crippen LogP contribution in [0.1, 0.15) is 6.42 Å². The van der Waals surface area contributed by atoms with Crippen LogP contribution in [0, 0.1) is 0 Å². The summed E-state index contributed by atoms with van der Waals surface area (Å²) >= 11 is 3.29. The molecule has 0 amide bonds. The Morgan fingerprint density at radius 2 is 1.32 bits per heavy atom. The first-order valence-electron chi connectivity index (χ1n) is 5.89. The van der Waals surface area contributed by atoms with E-state index in [0.717, 1.165) is 13.7 Å². The summed E-state index contributed by atoms with van der Waals surface area (Å²) in [5, 5.41) is 0. The molecule has 0 aliphatic carbocycles. The van der Waals surface area contributed by atoms with Gasteiger partial charge in [0.1, 0.15) is 5.75 Å². The van der Waals surface area contributed by atoms with E-state index in [1.54, 1.807) is 0 Å². The minimum Gasteiger partial charge on any atom is -0.247 e. The summed E-state index contributed by atoms with van der Waals surface area (Å²) in [4.78, 5) is 36.2. The van der Waals surface area contributed by atoms with Crippen LogP contribution < -0.4 is 17.1 Å². The van der Waals surface area contributed by atoms with E-state index in [9.17, 15) is 14.4 Å². The van der Waals surface area contributed by atoms with Crippen LogP contribution in [0.4, 0.5) is 0 Å². The van der Waals surface area contributed by atoms with Gasteiger partial charge in [-0.25, -0.2) is 28.1 Å². The monoisotopic (exact) mass is 284 g/mol. The molecule has 1 aromatic rings. The van der Waals surface area contributed by atoms with Crippen molar-refractivity contribution in [2.45, 2.75) is 26.1 Å².